The molecule has 0 saturated carbocycles. The molecule has 0 unspecified atom stereocenters. The van der Waals surface area contributed by atoms with Crippen molar-refractivity contribution >= 4 is 43.3 Å². The maximum atomic E-state index is 10.6. The minimum atomic E-state index is -1.56. The fourth-order valence-corrected chi connectivity index (χ4v) is 4.19. The van der Waals surface area contributed by atoms with Crippen LogP contribution in [0.25, 0.3) is 0 Å². The van der Waals surface area contributed by atoms with Gasteiger partial charge in [0.05, 0.1) is 23.6 Å². The molecule has 0 aliphatic rings. The van der Waals surface area contributed by atoms with Gasteiger partial charge < -0.3 is 9.68 Å². The second-order valence-corrected chi connectivity index (χ2v) is 8.29. The van der Waals surface area contributed by atoms with E-state index in [0.717, 1.165) is 8.95 Å². The maximum absolute atomic E-state index is 10.6. The van der Waals surface area contributed by atoms with Crippen LogP contribution in [0.5, 0.6) is 0 Å². The third-order valence-corrected chi connectivity index (χ3v) is 6.05. The summed E-state index contributed by atoms with van der Waals surface area (Å²) in [4.78, 5) is 10.1. The van der Waals surface area contributed by atoms with Gasteiger partial charge in [0.1, 0.15) is 14.2 Å². The second-order valence-electron chi connectivity index (χ2n) is 6.46. The molecule has 154 valence electrons. The molecule has 2 rings (SSSR count). The fraction of sp³-hybridized carbons (Fsp3) is 0.273. The third-order valence-electron chi connectivity index (χ3n) is 4.99. The van der Waals surface area contributed by atoms with Gasteiger partial charge >= 0.3 is 0 Å². The monoisotopic (exact) mass is 530 g/mol. The van der Waals surface area contributed by atoms with Crippen molar-refractivity contribution in [2.75, 3.05) is 14.2 Å². The lowest BCUT2D eigenvalue weighted by Gasteiger charge is -2.41. The summed E-state index contributed by atoms with van der Waals surface area (Å²) in [5, 5.41) is 29.5. The number of halogens is 2. The number of benzene rings is 2. The quantitative estimate of drug-likeness (QED) is 0.349. The first-order valence-electron chi connectivity index (χ1n) is 8.85. The normalized spacial score (nSPS) is 15.9. The summed E-state index contributed by atoms with van der Waals surface area (Å²) in [6.45, 7) is 3.33. The topological polar surface area (TPSA) is 90.8 Å². The van der Waals surface area contributed by atoms with Crippen molar-refractivity contribution in [3.05, 3.63) is 68.6 Å². The zero-order valence-corrected chi connectivity index (χ0v) is 20.2. The third kappa shape index (κ3) is 3.86. The SMILES string of the molecule is CO/N=C(\C)[C@](C#N)(c1ccc(Br)cc1)[C@](C#N)(/C(C)=N/OC)c1ccc(Br)cc1. The van der Waals surface area contributed by atoms with Crippen LogP contribution in [0.15, 0.2) is 67.8 Å². The van der Waals surface area contributed by atoms with E-state index >= 15 is 0 Å². The first kappa shape index (κ1) is 23.6. The Morgan fingerprint density at radius 1 is 0.733 bits per heavy atom. The highest BCUT2D eigenvalue weighted by Gasteiger charge is 2.60. The van der Waals surface area contributed by atoms with E-state index in [1.54, 1.807) is 38.1 Å². The van der Waals surface area contributed by atoms with Crippen LogP contribution in [-0.2, 0) is 20.5 Å². The summed E-state index contributed by atoms with van der Waals surface area (Å²) in [6.07, 6.45) is 0. The van der Waals surface area contributed by atoms with E-state index in [-0.39, 0.29) is 0 Å². The van der Waals surface area contributed by atoms with Gasteiger partial charge in [0.2, 0.25) is 0 Å². The van der Waals surface area contributed by atoms with Crippen LogP contribution >= 0.6 is 31.9 Å². The fourth-order valence-electron chi connectivity index (χ4n) is 3.66. The van der Waals surface area contributed by atoms with Crippen LogP contribution in [0.3, 0.4) is 0 Å². The molecular weight excluding hydrogens is 512 g/mol. The molecule has 0 aliphatic heterocycles. The minimum Gasteiger partial charge on any atom is -0.399 e. The Hall–Kier alpha value is -2.68. The largest absolute Gasteiger partial charge is 0.399 e. The minimum absolute atomic E-state index is 0.310. The van der Waals surface area contributed by atoms with E-state index in [1.165, 1.54) is 14.2 Å². The highest BCUT2D eigenvalue weighted by atomic mass is 79.9. The molecule has 0 amide bonds. The van der Waals surface area contributed by atoms with Crippen molar-refractivity contribution in [3.8, 4) is 12.1 Å². The number of hydrogen-bond donors (Lipinski definition) is 0. The molecule has 0 heterocycles. The first-order chi connectivity index (χ1) is 14.3. The molecular formula is C22H20Br2N4O2. The van der Waals surface area contributed by atoms with Crippen molar-refractivity contribution in [2.45, 2.75) is 24.7 Å². The van der Waals surface area contributed by atoms with Crippen molar-refractivity contribution in [3.63, 3.8) is 0 Å². The summed E-state index contributed by atoms with van der Waals surface area (Å²) >= 11 is 6.85. The van der Waals surface area contributed by atoms with Gasteiger partial charge in [-0.05, 0) is 49.2 Å². The van der Waals surface area contributed by atoms with Gasteiger partial charge in [-0.1, -0.05) is 66.4 Å². The molecule has 2 atom stereocenters. The predicted molar refractivity (Wildman–Crippen MR) is 123 cm³/mol. The molecule has 2 aromatic rings. The summed E-state index contributed by atoms with van der Waals surface area (Å²) in [5.41, 5.74) is -1.35. The average Bonchev–Trinajstić information content (AvgIpc) is 2.74. The van der Waals surface area contributed by atoms with Gasteiger partial charge in [-0.3, -0.25) is 0 Å². The summed E-state index contributed by atoms with van der Waals surface area (Å²) in [7, 11) is 2.80. The highest BCUT2D eigenvalue weighted by Crippen LogP contribution is 2.47. The standard InChI is InChI=1S/C22H20Br2N4O2/c1-15(27-29-3)21(13-25,17-5-9-19(23)10-6-17)22(14-26,16(2)28-30-4)18-7-11-20(24)12-8-18/h5-12H,1-4H3/b27-15+,28-16+/t21-,22-/m1/s1. The van der Waals surface area contributed by atoms with Crippen LogP contribution in [0.4, 0.5) is 0 Å². The van der Waals surface area contributed by atoms with Crippen LogP contribution in [-0.4, -0.2) is 25.6 Å². The number of rotatable bonds is 7. The molecule has 0 aliphatic carbocycles. The van der Waals surface area contributed by atoms with Gasteiger partial charge in [-0.2, -0.15) is 10.5 Å². The second kappa shape index (κ2) is 9.88. The van der Waals surface area contributed by atoms with Gasteiger partial charge in [0.25, 0.3) is 0 Å². The van der Waals surface area contributed by atoms with Crippen molar-refractivity contribution in [2.24, 2.45) is 10.3 Å². The molecule has 0 saturated heterocycles. The van der Waals surface area contributed by atoms with Gasteiger partial charge in [-0.15, -0.1) is 0 Å². The molecule has 0 bridgehead atoms. The highest BCUT2D eigenvalue weighted by molar-refractivity contribution is 9.10. The Kier molecular flexibility index (Phi) is 7.77. The van der Waals surface area contributed by atoms with E-state index in [0.29, 0.717) is 22.6 Å². The van der Waals surface area contributed by atoms with E-state index in [9.17, 15) is 10.5 Å². The van der Waals surface area contributed by atoms with Gasteiger partial charge in [0, 0.05) is 8.95 Å². The number of oxime groups is 2. The van der Waals surface area contributed by atoms with E-state index in [2.05, 4.69) is 54.3 Å². The molecule has 0 fully saturated rings. The maximum Gasteiger partial charge on any atom is 0.151 e. The zero-order valence-electron chi connectivity index (χ0n) is 17.0. The number of nitriles is 2. The molecule has 30 heavy (non-hydrogen) atoms. The van der Waals surface area contributed by atoms with E-state index in [4.69, 9.17) is 9.68 Å². The molecule has 6 nitrogen and oxygen atoms in total. The Morgan fingerprint density at radius 2 is 1.03 bits per heavy atom. The lowest BCUT2D eigenvalue weighted by molar-refractivity contribution is 0.206. The Balaban J connectivity index is 3.10. The molecule has 0 radical (unpaired) electrons. The van der Waals surface area contributed by atoms with Crippen LogP contribution < -0.4 is 0 Å². The smallest absolute Gasteiger partial charge is 0.151 e. The van der Waals surface area contributed by atoms with Crippen molar-refractivity contribution in [1.82, 2.24) is 0 Å². The summed E-state index contributed by atoms with van der Waals surface area (Å²) in [5.74, 6) is 0. The van der Waals surface area contributed by atoms with Crippen molar-refractivity contribution < 1.29 is 9.68 Å². The number of hydrogen-bond acceptors (Lipinski definition) is 6. The Bertz CT molecular complexity index is 951. The predicted octanol–water partition coefficient (Wildman–Crippen LogP) is 5.48. The first-order valence-corrected chi connectivity index (χ1v) is 10.4. The molecule has 0 N–H and O–H groups in total. The van der Waals surface area contributed by atoms with E-state index in [1.807, 2.05) is 24.3 Å². The van der Waals surface area contributed by atoms with Gasteiger partial charge in [0.15, 0.2) is 10.8 Å². The molecule has 8 heteroatoms. The lowest BCUT2D eigenvalue weighted by Crippen LogP contribution is -2.56. The Morgan fingerprint density at radius 3 is 1.27 bits per heavy atom. The van der Waals surface area contributed by atoms with Crippen LogP contribution in [0.1, 0.15) is 25.0 Å². The number of nitrogens with zero attached hydrogens (tertiary/aromatic N) is 4. The average molecular weight is 532 g/mol. The zero-order chi connectivity index (χ0) is 22.4. The van der Waals surface area contributed by atoms with E-state index < -0.39 is 10.8 Å². The molecule has 2 aromatic carbocycles. The van der Waals surface area contributed by atoms with Crippen LogP contribution in [0, 0.1) is 22.7 Å². The molecule has 0 spiro atoms. The lowest BCUT2D eigenvalue weighted by atomic mass is 9.54. The Labute approximate surface area is 193 Å². The van der Waals surface area contributed by atoms with Gasteiger partial charge in [-0.25, -0.2) is 0 Å². The van der Waals surface area contributed by atoms with Crippen LogP contribution in [0.2, 0.25) is 0 Å². The molecule has 0 aromatic heterocycles. The summed E-state index contributed by atoms with van der Waals surface area (Å²) < 4.78 is 1.68. The summed E-state index contributed by atoms with van der Waals surface area (Å²) in [6, 6.07) is 19.2. The van der Waals surface area contributed by atoms with Crippen molar-refractivity contribution in [1.29, 1.82) is 10.5 Å².